The summed E-state index contributed by atoms with van der Waals surface area (Å²) in [5, 5.41) is 2.71. The largest absolute Gasteiger partial charge is 0.313 e. The van der Waals surface area contributed by atoms with Crippen molar-refractivity contribution in [3.63, 3.8) is 0 Å². The van der Waals surface area contributed by atoms with Crippen molar-refractivity contribution in [3.8, 4) is 0 Å². The Morgan fingerprint density at radius 1 is 1.00 bits per heavy atom. The minimum absolute atomic E-state index is 0.00244. The predicted octanol–water partition coefficient (Wildman–Crippen LogP) is 2.24. The molecule has 27 heavy (non-hydrogen) atoms. The molecule has 1 amide bonds. The number of anilines is 1. The molecule has 0 unspecified atom stereocenters. The summed E-state index contributed by atoms with van der Waals surface area (Å²) in [5.41, 5.74) is 1.08. The number of sulfonamides is 1. The zero-order valence-corrected chi connectivity index (χ0v) is 15.4. The van der Waals surface area contributed by atoms with E-state index in [1.807, 2.05) is 34.9 Å². The third-order valence-corrected chi connectivity index (χ3v) is 5.34. The number of amides is 1. The molecular formula is C19H20N4O3S. The van der Waals surface area contributed by atoms with Gasteiger partial charge in [0.2, 0.25) is 21.9 Å². The summed E-state index contributed by atoms with van der Waals surface area (Å²) < 4.78 is 28.5. The van der Waals surface area contributed by atoms with Gasteiger partial charge in [-0.05, 0) is 17.7 Å². The van der Waals surface area contributed by atoms with Crippen LogP contribution < -0.4 is 10.0 Å². The first kappa shape index (κ1) is 18.8. The van der Waals surface area contributed by atoms with Gasteiger partial charge in [0, 0.05) is 25.4 Å². The van der Waals surface area contributed by atoms with Gasteiger partial charge < -0.3 is 4.57 Å². The summed E-state index contributed by atoms with van der Waals surface area (Å²) in [4.78, 5) is 16.5. The molecule has 2 N–H and O–H groups in total. The van der Waals surface area contributed by atoms with Gasteiger partial charge in [0.05, 0.1) is 11.4 Å². The molecule has 0 saturated heterocycles. The van der Waals surface area contributed by atoms with E-state index >= 15 is 0 Å². The van der Waals surface area contributed by atoms with Gasteiger partial charge in [-0.15, -0.1) is 0 Å². The number of carbonyl (C=O) groups excluding carboxylic acids is 1. The van der Waals surface area contributed by atoms with Crippen molar-refractivity contribution in [3.05, 3.63) is 78.6 Å². The van der Waals surface area contributed by atoms with Gasteiger partial charge in [0.1, 0.15) is 0 Å². The molecule has 3 rings (SSSR count). The van der Waals surface area contributed by atoms with Gasteiger partial charge in [-0.3, -0.25) is 10.1 Å². The standard InChI is InChI=1S/C19H20N4O3S/c24-18(11-12-21-27(25,26)17-9-5-2-6-10-17)22-19-20-13-14-23(19)15-16-7-3-1-4-8-16/h1-10,13-14,21H,11-12,15H2,(H,20,22,24). The maximum atomic E-state index is 12.1. The number of benzene rings is 2. The summed E-state index contributed by atoms with van der Waals surface area (Å²) in [6.45, 7) is 0.583. The molecule has 0 fully saturated rings. The van der Waals surface area contributed by atoms with E-state index in [-0.39, 0.29) is 23.8 Å². The zero-order valence-electron chi connectivity index (χ0n) is 14.6. The Hall–Kier alpha value is -2.97. The molecule has 0 aliphatic rings. The second-order valence-corrected chi connectivity index (χ2v) is 7.64. The molecule has 0 spiro atoms. The van der Waals surface area contributed by atoms with E-state index in [0.29, 0.717) is 12.5 Å². The average Bonchev–Trinajstić information content (AvgIpc) is 3.09. The molecule has 3 aromatic rings. The number of hydrogen-bond acceptors (Lipinski definition) is 4. The summed E-state index contributed by atoms with van der Waals surface area (Å²) >= 11 is 0. The summed E-state index contributed by atoms with van der Waals surface area (Å²) in [6.07, 6.45) is 3.39. The van der Waals surface area contributed by atoms with Gasteiger partial charge in [-0.2, -0.15) is 0 Å². The van der Waals surface area contributed by atoms with Crippen molar-refractivity contribution < 1.29 is 13.2 Å². The Morgan fingerprint density at radius 3 is 2.37 bits per heavy atom. The molecule has 7 nitrogen and oxygen atoms in total. The highest BCUT2D eigenvalue weighted by Gasteiger charge is 2.14. The van der Waals surface area contributed by atoms with Crippen molar-refractivity contribution in [2.45, 2.75) is 17.9 Å². The van der Waals surface area contributed by atoms with E-state index in [4.69, 9.17) is 0 Å². The third kappa shape index (κ3) is 5.25. The first-order valence-corrected chi connectivity index (χ1v) is 9.92. The van der Waals surface area contributed by atoms with Gasteiger partial charge in [0.15, 0.2) is 0 Å². The fourth-order valence-corrected chi connectivity index (χ4v) is 3.56. The second kappa shape index (κ2) is 8.61. The van der Waals surface area contributed by atoms with Crippen LogP contribution in [0.25, 0.3) is 0 Å². The maximum Gasteiger partial charge on any atom is 0.240 e. The Kier molecular flexibility index (Phi) is 6.00. The maximum absolute atomic E-state index is 12.1. The van der Waals surface area contributed by atoms with Crippen LogP contribution in [0.2, 0.25) is 0 Å². The minimum atomic E-state index is -3.62. The lowest BCUT2D eigenvalue weighted by Crippen LogP contribution is -2.28. The molecule has 2 aromatic carbocycles. The van der Waals surface area contributed by atoms with Crippen LogP contribution in [-0.2, 0) is 21.4 Å². The highest BCUT2D eigenvalue weighted by molar-refractivity contribution is 7.89. The lowest BCUT2D eigenvalue weighted by atomic mass is 10.2. The molecule has 0 aliphatic heterocycles. The quantitative estimate of drug-likeness (QED) is 0.623. The van der Waals surface area contributed by atoms with Crippen LogP contribution in [0.1, 0.15) is 12.0 Å². The third-order valence-electron chi connectivity index (χ3n) is 3.86. The van der Waals surface area contributed by atoms with Crippen LogP contribution in [0.15, 0.2) is 78.0 Å². The zero-order chi connectivity index (χ0) is 19.1. The van der Waals surface area contributed by atoms with Crippen LogP contribution in [-0.4, -0.2) is 30.4 Å². The van der Waals surface area contributed by atoms with Crippen molar-refractivity contribution >= 4 is 21.9 Å². The molecule has 0 radical (unpaired) electrons. The molecule has 140 valence electrons. The number of aromatic nitrogens is 2. The number of hydrogen-bond donors (Lipinski definition) is 2. The van der Waals surface area contributed by atoms with E-state index < -0.39 is 10.0 Å². The number of carbonyl (C=O) groups is 1. The van der Waals surface area contributed by atoms with Gasteiger partial charge >= 0.3 is 0 Å². The topological polar surface area (TPSA) is 93.1 Å². The smallest absolute Gasteiger partial charge is 0.240 e. The fourth-order valence-electron chi connectivity index (χ4n) is 2.51. The Bertz CT molecular complexity index is 986. The molecule has 0 atom stereocenters. The van der Waals surface area contributed by atoms with Crippen LogP contribution in [0.5, 0.6) is 0 Å². The van der Waals surface area contributed by atoms with Gasteiger partial charge in [0.25, 0.3) is 0 Å². The normalized spacial score (nSPS) is 11.3. The molecule has 0 saturated carbocycles. The Labute approximate surface area is 158 Å². The van der Waals surface area contributed by atoms with Crippen molar-refractivity contribution in [1.82, 2.24) is 14.3 Å². The highest BCUT2D eigenvalue weighted by atomic mass is 32.2. The first-order chi connectivity index (χ1) is 13.0. The predicted molar refractivity (Wildman–Crippen MR) is 103 cm³/mol. The number of imidazole rings is 1. The molecule has 0 aliphatic carbocycles. The van der Waals surface area contributed by atoms with Crippen molar-refractivity contribution in [1.29, 1.82) is 0 Å². The van der Waals surface area contributed by atoms with E-state index in [9.17, 15) is 13.2 Å². The summed E-state index contributed by atoms with van der Waals surface area (Å²) in [6, 6.07) is 17.9. The van der Waals surface area contributed by atoms with Crippen molar-refractivity contribution in [2.24, 2.45) is 0 Å². The summed E-state index contributed by atoms with van der Waals surface area (Å²) in [7, 11) is -3.62. The van der Waals surface area contributed by atoms with Crippen LogP contribution in [0, 0.1) is 0 Å². The van der Waals surface area contributed by atoms with Crippen LogP contribution in [0.4, 0.5) is 5.95 Å². The molecule has 1 aromatic heterocycles. The monoisotopic (exact) mass is 384 g/mol. The average molecular weight is 384 g/mol. The minimum Gasteiger partial charge on any atom is -0.313 e. The van der Waals surface area contributed by atoms with E-state index in [1.54, 1.807) is 30.6 Å². The highest BCUT2D eigenvalue weighted by Crippen LogP contribution is 2.10. The molecule has 8 heteroatoms. The SMILES string of the molecule is O=C(CCNS(=O)(=O)c1ccccc1)Nc1nccn1Cc1ccccc1. The second-order valence-electron chi connectivity index (χ2n) is 5.87. The Morgan fingerprint density at radius 2 is 1.67 bits per heavy atom. The number of nitrogens with zero attached hydrogens (tertiary/aromatic N) is 2. The Balaban J connectivity index is 1.52. The van der Waals surface area contributed by atoms with Crippen LogP contribution in [0.3, 0.4) is 0 Å². The molecular weight excluding hydrogens is 364 g/mol. The lowest BCUT2D eigenvalue weighted by molar-refractivity contribution is -0.116. The van der Waals surface area contributed by atoms with E-state index in [0.717, 1.165) is 5.56 Å². The number of nitrogens with one attached hydrogen (secondary N) is 2. The number of rotatable bonds is 8. The van der Waals surface area contributed by atoms with Crippen molar-refractivity contribution in [2.75, 3.05) is 11.9 Å². The molecule has 1 heterocycles. The van der Waals surface area contributed by atoms with Gasteiger partial charge in [-0.25, -0.2) is 18.1 Å². The summed E-state index contributed by atoms with van der Waals surface area (Å²) in [5.74, 6) is 0.112. The van der Waals surface area contributed by atoms with E-state index in [2.05, 4.69) is 15.0 Å². The van der Waals surface area contributed by atoms with Gasteiger partial charge in [-0.1, -0.05) is 48.5 Å². The first-order valence-electron chi connectivity index (χ1n) is 8.44. The van der Waals surface area contributed by atoms with E-state index in [1.165, 1.54) is 12.1 Å². The molecule has 0 bridgehead atoms. The fraction of sp³-hybridized carbons (Fsp3) is 0.158. The lowest BCUT2D eigenvalue weighted by Gasteiger charge is -2.10. The van der Waals surface area contributed by atoms with Crippen LogP contribution >= 0.6 is 0 Å².